The Hall–Kier alpha value is -3.56. The molecule has 0 saturated carbocycles. The number of fused-ring (bicyclic) bond motifs is 2. The topological polar surface area (TPSA) is 82.0 Å². The van der Waals surface area contributed by atoms with Gasteiger partial charge in [-0.3, -0.25) is 4.68 Å². The number of hydrogen-bond donors (Lipinski definition) is 0. The molecule has 0 radical (unpaired) electrons. The fraction of sp³-hybridized carbons (Fsp3) is 0.452. The zero-order valence-electron chi connectivity index (χ0n) is 25.0. The summed E-state index contributed by atoms with van der Waals surface area (Å²) in [6, 6.07) is 8.18. The molecule has 0 N–H and O–H groups in total. The zero-order chi connectivity index (χ0) is 29.6. The van der Waals surface area contributed by atoms with E-state index in [1.165, 1.54) is 0 Å². The summed E-state index contributed by atoms with van der Waals surface area (Å²) in [7, 11) is 5.31. The molecule has 218 valence electrons. The first-order valence-corrected chi connectivity index (χ1v) is 14.1. The highest BCUT2D eigenvalue weighted by molar-refractivity contribution is 6.35. The number of halogens is 1. The van der Waals surface area contributed by atoms with Gasteiger partial charge in [-0.25, -0.2) is 9.78 Å². The number of benzene rings is 2. The molecule has 1 fully saturated rings. The van der Waals surface area contributed by atoms with E-state index in [9.17, 15) is 4.79 Å². The third kappa shape index (κ3) is 5.78. The molecule has 0 aliphatic carbocycles. The van der Waals surface area contributed by atoms with Gasteiger partial charge in [0.2, 0.25) is 0 Å². The first-order valence-electron chi connectivity index (χ1n) is 13.8. The van der Waals surface area contributed by atoms with Crippen LogP contribution in [-0.4, -0.2) is 71.4 Å². The van der Waals surface area contributed by atoms with E-state index >= 15 is 0 Å². The SMILES string of the molecule is COCOc1c(-c2cc(Cl)c3cc(N4CC[C@H](N(C)C(=O)OC(C)(C)C)C4)c(C)cc3n2)cc2cn(C)nc2c1C. The number of aryl methyl sites for hydroxylation is 3. The molecule has 4 aromatic rings. The van der Waals surface area contributed by atoms with E-state index < -0.39 is 5.60 Å². The van der Waals surface area contributed by atoms with Crippen LogP contribution in [0.3, 0.4) is 0 Å². The number of methoxy groups -OCH3 is 1. The van der Waals surface area contributed by atoms with Crippen LogP contribution in [0.2, 0.25) is 5.02 Å². The van der Waals surface area contributed by atoms with Crippen molar-refractivity contribution in [3.8, 4) is 17.0 Å². The number of pyridine rings is 1. The lowest BCUT2D eigenvalue weighted by Gasteiger charge is -2.29. The molecule has 2 aromatic carbocycles. The van der Waals surface area contributed by atoms with Gasteiger partial charge in [-0.05, 0) is 70.9 Å². The van der Waals surface area contributed by atoms with Gasteiger partial charge in [0.25, 0.3) is 0 Å². The van der Waals surface area contributed by atoms with Crippen LogP contribution in [0.15, 0.2) is 30.5 Å². The van der Waals surface area contributed by atoms with Crippen LogP contribution in [0, 0.1) is 13.8 Å². The minimum atomic E-state index is -0.528. The summed E-state index contributed by atoms with van der Waals surface area (Å²) < 4.78 is 18.6. The fourth-order valence-corrected chi connectivity index (χ4v) is 5.75. The molecule has 1 aliphatic rings. The van der Waals surface area contributed by atoms with Gasteiger partial charge < -0.3 is 24.0 Å². The summed E-state index contributed by atoms with van der Waals surface area (Å²) in [5.74, 6) is 0.673. The van der Waals surface area contributed by atoms with Crippen LogP contribution < -0.4 is 9.64 Å². The summed E-state index contributed by atoms with van der Waals surface area (Å²) in [5.41, 5.74) is 5.79. The van der Waals surface area contributed by atoms with Crippen molar-refractivity contribution in [1.29, 1.82) is 0 Å². The molecule has 0 bridgehead atoms. The molecular formula is C31H38ClN5O4. The number of likely N-dealkylation sites (N-methyl/N-ethyl adjacent to an activating group) is 1. The molecule has 1 saturated heterocycles. The fourth-order valence-electron chi connectivity index (χ4n) is 5.49. The molecule has 9 nitrogen and oxygen atoms in total. The summed E-state index contributed by atoms with van der Waals surface area (Å²) in [6.07, 6.45) is 2.54. The Bertz CT molecular complexity index is 1630. The van der Waals surface area contributed by atoms with Gasteiger partial charge in [0.1, 0.15) is 11.4 Å². The van der Waals surface area contributed by atoms with Crippen molar-refractivity contribution in [3.05, 3.63) is 46.6 Å². The number of hydrogen-bond acceptors (Lipinski definition) is 7. The predicted molar refractivity (Wildman–Crippen MR) is 163 cm³/mol. The molecule has 0 unspecified atom stereocenters. The number of rotatable bonds is 6. The number of amides is 1. The van der Waals surface area contributed by atoms with Gasteiger partial charge >= 0.3 is 6.09 Å². The maximum Gasteiger partial charge on any atom is 0.410 e. The highest BCUT2D eigenvalue weighted by Gasteiger charge is 2.32. The normalized spacial score (nSPS) is 15.6. The molecule has 1 aliphatic heterocycles. The highest BCUT2D eigenvalue weighted by Crippen LogP contribution is 2.40. The first-order chi connectivity index (χ1) is 19.4. The Balaban J connectivity index is 1.48. The molecule has 2 aromatic heterocycles. The average Bonchev–Trinajstić information content (AvgIpc) is 3.53. The van der Waals surface area contributed by atoms with Crippen molar-refractivity contribution in [1.82, 2.24) is 19.7 Å². The van der Waals surface area contributed by atoms with Crippen LogP contribution in [-0.2, 0) is 16.5 Å². The maximum atomic E-state index is 12.6. The largest absolute Gasteiger partial charge is 0.466 e. The van der Waals surface area contributed by atoms with E-state index in [1.54, 1.807) is 16.7 Å². The standard InChI is InChI=1S/C31H38ClN5O4/c1-18-11-25-22(13-27(18)37-10-9-21(16-37)36(7)30(38)41-31(3,4)5)24(32)14-26(33-25)23-12-20-15-35(6)34-28(20)19(2)29(23)40-17-39-8/h11-15,21H,9-10,16-17H2,1-8H3/t21-/m0/s1. The van der Waals surface area contributed by atoms with Crippen LogP contribution in [0.4, 0.5) is 10.5 Å². The number of anilines is 1. The summed E-state index contributed by atoms with van der Waals surface area (Å²) in [4.78, 5) is 21.7. The molecule has 41 heavy (non-hydrogen) atoms. The van der Waals surface area contributed by atoms with E-state index in [2.05, 4.69) is 29.1 Å². The quantitative estimate of drug-likeness (QED) is 0.242. The lowest BCUT2D eigenvalue weighted by atomic mass is 10.0. The summed E-state index contributed by atoms with van der Waals surface area (Å²) in [6.45, 7) is 11.4. The lowest BCUT2D eigenvalue weighted by molar-refractivity contribution is 0.0238. The van der Waals surface area contributed by atoms with Crippen LogP contribution in [0.1, 0.15) is 38.3 Å². The van der Waals surface area contributed by atoms with E-state index in [0.29, 0.717) is 10.8 Å². The molecule has 0 spiro atoms. The minimum Gasteiger partial charge on any atom is -0.466 e. The van der Waals surface area contributed by atoms with Crippen molar-refractivity contribution in [2.45, 2.75) is 52.7 Å². The van der Waals surface area contributed by atoms with E-state index in [4.69, 9.17) is 30.8 Å². The highest BCUT2D eigenvalue weighted by atomic mass is 35.5. The number of aromatic nitrogens is 3. The van der Waals surface area contributed by atoms with E-state index in [1.807, 2.05) is 60.1 Å². The molecule has 1 amide bonds. The van der Waals surface area contributed by atoms with E-state index in [0.717, 1.165) is 69.4 Å². The monoisotopic (exact) mass is 579 g/mol. The third-order valence-corrected chi connectivity index (χ3v) is 7.82. The smallest absolute Gasteiger partial charge is 0.410 e. The van der Waals surface area contributed by atoms with Gasteiger partial charge in [0.15, 0.2) is 6.79 Å². The zero-order valence-corrected chi connectivity index (χ0v) is 25.8. The number of nitrogens with zero attached hydrogens (tertiary/aromatic N) is 5. The second-order valence-corrected chi connectivity index (χ2v) is 12.2. The van der Waals surface area contributed by atoms with Crippen molar-refractivity contribution >= 4 is 45.2 Å². The molecule has 10 heteroatoms. The second-order valence-electron chi connectivity index (χ2n) is 11.8. The number of carbonyl (C=O) groups excluding carboxylic acids is 1. The molecule has 1 atom stereocenters. The predicted octanol–water partition coefficient (Wildman–Crippen LogP) is 6.49. The van der Waals surface area contributed by atoms with Crippen molar-refractivity contribution < 1.29 is 19.0 Å². The third-order valence-electron chi connectivity index (χ3n) is 7.50. The van der Waals surface area contributed by atoms with Gasteiger partial charge in [0.05, 0.1) is 27.8 Å². The first kappa shape index (κ1) is 29.0. The van der Waals surface area contributed by atoms with Gasteiger partial charge in [0, 0.05) is 68.1 Å². The summed E-state index contributed by atoms with van der Waals surface area (Å²) in [5, 5.41) is 7.07. The van der Waals surface area contributed by atoms with E-state index in [-0.39, 0.29) is 18.9 Å². The second kappa shape index (κ2) is 11.0. The maximum absolute atomic E-state index is 12.6. The molecular weight excluding hydrogens is 542 g/mol. The Kier molecular flexibility index (Phi) is 7.78. The molecule has 3 heterocycles. The Morgan fingerprint density at radius 3 is 2.66 bits per heavy atom. The van der Waals surface area contributed by atoms with Crippen LogP contribution in [0.5, 0.6) is 5.75 Å². The summed E-state index contributed by atoms with van der Waals surface area (Å²) >= 11 is 6.93. The van der Waals surface area contributed by atoms with Crippen LogP contribution >= 0.6 is 11.6 Å². The Morgan fingerprint density at radius 2 is 1.95 bits per heavy atom. The van der Waals surface area contributed by atoms with Crippen molar-refractivity contribution in [2.24, 2.45) is 7.05 Å². The minimum absolute atomic E-state index is 0.0621. The number of ether oxygens (including phenoxy) is 3. The molecule has 5 rings (SSSR count). The van der Waals surface area contributed by atoms with Crippen molar-refractivity contribution in [2.75, 3.05) is 38.9 Å². The average molecular weight is 580 g/mol. The number of carbonyl (C=O) groups is 1. The van der Waals surface area contributed by atoms with Gasteiger partial charge in [-0.2, -0.15) is 5.10 Å². The van der Waals surface area contributed by atoms with Gasteiger partial charge in [-0.1, -0.05) is 11.6 Å². The van der Waals surface area contributed by atoms with Gasteiger partial charge in [-0.15, -0.1) is 0 Å². The van der Waals surface area contributed by atoms with Crippen LogP contribution in [0.25, 0.3) is 33.1 Å². The Morgan fingerprint density at radius 1 is 1.20 bits per heavy atom. The Labute approximate surface area is 245 Å². The van der Waals surface area contributed by atoms with Crippen molar-refractivity contribution in [3.63, 3.8) is 0 Å². The lowest BCUT2D eigenvalue weighted by Crippen LogP contribution is -2.42.